The van der Waals surface area contributed by atoms with Gasteiger partial charge in [-0.3, -0.25) is 0 Å². The summed E-state index contributed by atoms with van der Waals surface area (Å²) in [7, 11) is -5.52. The summed E-state index contributed by atoms with van der Waals surface area (Å²) in [6, 6.07) is 0. The summed E-state index contributed by atoms with van der Waals surface area (Å²) in [4.78, 5) is 31.4. The van der Waals surface area contributed by atoms with E-state index in [1.807, 2.05) is 0 Å². The number of aliphatic hydroxyl groups excluding tert-OH is 3. The van der Waals surface area contributed by atoms with Crippen molar-refractivity contribution in [2.24, 2.45) is 0 Å². The van der Waals surface area contributed by atoms with Gasteiger partial charge in [0.2, 0.25) is 0 Å². The quantitative estimate of drug-likeness (QED) is 0.259. The average Bonchev–Trinajstić information content (AvgIpc) is 2.42. The van der Waals surface area contributed by atoms with Crippen LogP contribution in [0.5, 0.6) is 0 Å². The standard InChI is InChI=1S/C6H9O9P.3Na/c7-1-2(8)4-3(9)5(6(10)14-4)15-16(11,12)13;;;/h2,4,7-9H,1H2,(H2,11,12,13);;;/q;3*+1/p-2/t2-,4+;;;/m0.../s1. The molecule has 0 amide bonds. The minimum Gasteiger partial charge on any atom is -0.780 e. The van der Waals surface area contributed by atoms with E-state index in [1.54, 1.807) is 0 Å². The molecule has 0 fully saturated rings. The van der Waals surface area contributed by atoms with E-state index in [9.17, 15) is 24.3 Å². The zero-order valence-corrected chi connectivity index (χ0v) is 17.5. The van der Waals surface area contributed by atoms with Crippen LogP contribution in [-0.2, 0) is 18.6 Å². The Morgan fingerprint density at radius 2 is 1.84 bits per heavy atom. The third kappa shape index (κ3) is 7.62. The van der Waals surface area contributed by atoms with Gasteiger partial charge >= 0.3 is 94.6 Å². The van der Waals surface area contributed by atoms with Gasteiger partial charge in [0, 0.05) is 0 Å². The van der Waals surface area contributed by atoms with Crippen LogP contribution in [0.15, 0.2) is 11.5 Å². The number of carbonyl (C=O) groups is 1. The van der Waals surface area contributed by atoms with E-state index in [0.717, 1.165) is 0 Å². The first-order chi connectivity index (χ1) is 7.26. The van der Waals surface area contributed by atoms with Crippen molar-refractivity contribution in [2.45, 2.75) is 12.2 Å². The zero-order valence-electron chi connectivity index (χ0n) is 10.6. The van der Waals surface area contributed by atoms with E-state index < -0.39 is 44.1 Å². The number of rotatable bonds is 4. The summed E-state index contributed by atoms with van der Waals surface area (Å²) in [6.45, 7) is -0.846. The van der Waals surface area contributed by atoms with Crippen molar-refractivity contribution in [2.75, 3.05) is 6.61 Å². The van der Waals surface area contributed by atoms with Gasteiger partial charge < -0.3 is 38.9 Å². The Morgan fingerprint density at radius 1 is 1.37 bits per heavy atom. The summed E-state index contributed by atoms with van der Waals surface area (Å²) in [5, 5.41) is 26.8. The van der Waals surface area contributed by atoms with E-state index >= 15 is 0 Å². The molecule has 0 unspecified atom stereocenters. The predicted molar refractivity (Wildman–Crippen MR) is 41.3 cm³/mol. The van der Waals surface area contributed by atoms with Gasteiger partial charge in [-0.05, 0) is 0 Å². The molecule has 1 rings (SSSR count). The van der Waals surface area contributed by atoms with Crippen molar-refractivity contribution in [3.63, 3.8) is 0 Å². The molecular formula is C6H7Na3O9P+. The van der Waals surface area contributed by atoms with Gasteiger partial charge in [-0.15, -0.1) is 0 Å². The first kappa shape index (κ1) is 25.8. The third-order valence-corrected chi connectivity index (χ3v) is 2.07. The molecule has 0 aromatic carbocycles. The second kappa shape index (κ2) is 10.6. The third-order valence-electron chi connectivity index (χ3n) is 1.66. The number of ether oxygens (including phenoxy) is 1. The van der Waals surface area contributed by atoms with Crippen molar-refractivity contribution in [1.29, 1.82) is 0 Å². The maximum absolute atomic E-state index is 10.9. The topological polar surface area (TPSA) is 159 Å². The van der Waals surface area contributed by atoms with Crippen LogP contribution in [0.4, 0.5) is 0 Å². The maximum Gasteiger partial charge on any atom is 1.00 e. The van der Waals surface area contributed by atoms with E-state index in [-0.39, 0.29) is 88.7 Å². The number of hydrogen-bond donors (Lipinski definition) is 3. The Kier molecular flexibility index (Phi) is 14.4. The molecule has 0 saturated carbocycles. The van der Waals surface area contributed by atoms with Gasteiger partial charge in [0.1, 0.15) is 13.9 Å². The molecule has 1 aliphatic heterocycles. The van der Waals surface area contributed by atoms with Crippen LogP contribution in [0.3, 0.4) is 0 Å². The second-order valence-electron chi connectivity index (χ2n) is 2.83. The van der Waals surface area contributed by atoms with Gasteiger partial charge in [-0.1, -0.05) is 0 Å². The van der Waals surface area contributed by atoms with Crippen molar-refractivity contribution in [1.82, 2.24) is 0 Å². The molecule has 19 heavy (non-hydrogen) atoms. The van der Waals surface area contributed by atoms with Crippen LogP contribution < -0.4 is 98.5 Å². The zero-order chi connectivity index (χ0) is 12.5. The molecule has 1 aliphatic rings. The first-order valence-corrected chi connectivity index (χ1v) is 5.37. The summed E-state index contributed by atoms with van der Waals surface area (Å²) < 4.78 is 18.2. The minimum atomic E-state index is -5.52. The number of aliphatic hydroxyl groups is 3. The molecule has 0 aromatic rings. The van der Waals surface area contributed by atoms with Crippen LogP contribution in [0.25, 0.3) is 0 Å². The Hall–Kier alpha value is 1.88. The number of cyclic esters (lactones) is 1. The molecule has 0 spiro atoms. The van der Waals surface area contributed by atoms with Crippen molar-refractivity contribution in [3.8, 4) is 0 Å². The number of hydrogen-bond acceptors (Lipinski definition) is 9. The van der Waals surface area contributed by atoms with Gasteiger partial charge in [-0.2, -0.15) is 0 Å². The molecule has 0 bridgehead atoms. The molecular weight excluding hydrogens is 316 g/mol. The normalized spacial score (nSPS) is 19.6. The van der Waals surface area contributed by atoms with Crippen LogP contribution in [0, 0.1) is 0 Å². The average molecular weight is 323 g/mol. The number of phosphoric acid groups is 1. The van der Waals surface area contributed by atoms with Gasteiger partial charge in [-0.25, -0.2) is 4.79 Å². The smallest absolute Gasteiger partial charge is 0.780 e. The molecule has 3 N–H and O–H groups in total. The second-order valence-corrected chi connectivity index (χ2v) is 3.91. The van der Waals surface area contributed by atoms with Crippen molar-refractivity contribution < 1.29 is 132 Å². The summed E-state index contributed by atoms with van der Waals surface area (Å²) in [6.07, 6.45) is -3.30. The molecule has 9 nitrogen and oxygen atoms in total. The van der Waals surface area contributed by atoms with Crippen LogP contribution in [-0.4, -0.2) is 40.1 Å². The van der Waals surface area contributed by atoms with E-state index in [2.05, 4.69) is 9.26 Å². The van der Waals surface area contributed by atoms with Crippen molar-refractivity contribution >= 4 is 13.8 Å². The van der Waals surface area contributed by atoms with Gasteiger partial charge in [0.15, 0.2) is 11.9 Å². The Morgan fingerprint density at radius 3 is 2.21 bits per heavy atom. The first-order valence-electron chi connectivity index (χ1n) is 3.91. The molecule has 1 heterocycles. The molecule has 2 atom stereocenters. The van der Waals surface area contributed by atoms with E-state index in [4.69, 9.17) is 10.2 Å². The molecule has 92 valence electrons. The SMILES string of the molecule is O=C1O[C@H]([C@@H](O)CO)C(O)=C1OP(=O)([O-])[O-].[Na+].[Na+].[Na+]. The number of phosphoric ester groups is 1. The minimum absolute atomic E-state index is 0. The fourth-order valence-electron chi connectivity index (χ4n) is 1.01. The fourth-order valence-corrected chi connectivity index (χ4v) is 1.40. The monoisotopic (exact) mass is 323 g/mol. The maximum atomic E-state index is 10.9. The summed E-state index contributed by atoms with van der Waals surface area (Å²) >= 11 is 0. The summed E-state index contributed by atoms with van der Waals surface area (Å²) in [5.74, 6) is -3.67. The molecule has 13 heteroatoms. The van der Waals surface area contributed by atoms with E-state index in [0.29, 0.717) is 0 Å². The van der Waals surface area contributed by atoms with E-state index in [1.165, 1.54) is 0 Å². The van der Waals surface area contributed by atoms with Crippen LogP contribution in [0.2, 0.25) is 0 Å². The van der Waals surface area contributed by atoms with Gasteiger partial charge in [0.25, 0.3) is 5.76 Å². The van der Waals surface area contributed by atoms with Crippen LogP contribution in [0.1, 0.15) is 0 Å². The van der Waals surface area contributed by atoms with Crippen LogP contribution >= 0.6 is 7.82 Å². The molecule has 0 aliphatic carbocycles. The Labute approximate surface area is 174 Å². The Bertz CT molecular complexity index is 380. The molecule has 0 saturated heterocycles. The van der Waals surface area contributed by atoms with Gasteiger partial charge in [0.05, 0.1) is 6.61 Å². The molecule has 0 aromatic heterocycles. The fraction of sp³-hybridized carbons (Fsp3) is 0.500. The predicted octanol–water partition coefficient (Wildman–Crippen LogP) is -12.1. The Balaban J connectivity index is -0.000000853. The van der Waals surface area contributed by atoms with Crippen molar-refractivity contribution in [3.05, 3.63) is 11.5 Å². The number of esters is 1. The summed E-state index contributed by atoms with van der Waals surface area (Å²) in [5.41, 5.74) is 0. The number of carbonyl (C=O) groups excluding carboxylic acids is 1. The molecule has 0 radical (unpaired) electrons. The largest absolute Gasteiger partial charge is 1.00 e.